The van der Waals surface area contributed by atoms with Crippen LogP contribution in [0.3, 0.4) is 0 Å². The molecule has 0 atom stereocenters. The van der Waals surface area contributed by atoms with Crippen molar-refractivity contribution >= 4 is 45.5 Å². The van der Waals surface area contributed by atoms with Crippen molar-refractivity contribution in [2.75, 3.05) is 21.9 Å². The molecular formula is C44H31N5OPt. The number of fused-ring (bicyclic) bond motifs is 3. The number of benzene rings is 7. The predicted octanol–water partition coefficient (Wildman–Crippen LogP) is 10.8. The number of para-hydroxylation sites is 1. The quantitative estimate of drug-likeness (QED) is 0.149. The molecule has 0 aromatic heterocycles. The molecule has 0 unspecified atom stereocenters. The van der Waals surface area contributed by atoms with E-state index in [0.717, 1.165) is 56.1 Å². The number of hydrogen-bond donors (Lipinski definition) is 0. The van der Waals surface area contributed by atoms with Crippen LogP contribution in [-0.4, -0.2) is 18.3 Å². The van der Waals surface area contributed by atoms with E-state index in [2.05, 4.69) is 155 Å². The Balaban J connectivity index is 0.00000374. The van der Waals surface area contributed by atoms with Crippen molar-refractivity contribution in [1.29, 1.82) is 0 Å². The van der Waals surface area contributed by atoms with Crippen LogP contribution in [0.25, 0.3) is 33.0 Å². The minimum absolute atomic E-state index is 0. The Morgan fingerprint density at radius 3 is 1.82 bits per heavy atom. The van der Waals surface area contributed by atoms with Crippen molar-refractivity contribution in [3.63, 3.8) is 0 Å². The number of rotatable bonds is 7. The van der Waals surface area contributed by atoms with Crippen molar-refractivity contribution in [2.24, 2.45) is 5.10 Å². The van der Waals surface area contributed by atoms with Crippen molar-refractivity contribution in [3.8, 4) is 33.8 Å². The topological polar surface area (TPSA) is 34.6 Å². The third-order valence-corrected chi connectivity index (χ3v) is 8.94. The van der Waals surface area contributed by atoms with Gasteiger partial charge in [0.05, 0.1) is 6.34 Å². The maximum absolute atomic E-state index is 6.36. The first-order valence-corrected chi connectivity index (χ1v) is 16.5. The maximum atomic E-state index is 6.36. The molecule has 2 heterocycles. The van der Waals surface area contributed by atoms with Gasteiger partial charge in [0.25, 0.3) is 0 Å². The largest absolute Gasteiger partial charge is 4.00 e. The van der Waals surface area contributed by atoms with E-state index in [1.165, 1.54) is 5.39 Å². The first-order chi connectivity index (χ1) is 24.7. The summed E-state index contributed by atoms with van der Waals surface area (Å²) in [6, 6.07) is 59.4. The fourth-order valence-corrected chi connectivity index (χ4v) is 6.67. The Bertz CT molecular complexity index is 2310. The molecule has 0 saturated heterocycles. The Hall–Kier alpha value is -5.84. The molecule has 7 aromatic rings. The van der Waals surface area contributed by atoms with Crippen LogP contribution in [0.15, 0.2) is 157 Å². The van der Waals surface area contributed by atoms with Gasteiger partial charge in [-0.1, -0.05) is 115 Å². The second kappa shape index (κ2) is 13.8. The van der Waals surface area contributed by atoms with E-state index >= 15 is 0 Å². The van der Waals surface area contributed by atoms with E-state index in [1.807, 2.05) is 48.9 Å². The van der Waals surface area contributed by atoms with Gasteiger partial charge in [-0.2, -0.15) is 17.2 Å². The molecule has 51 heavy (non-hydrogen) atoms. The second-order valence-corrected chi connectivity index (χ2v) is 12.2. The summed E-state index contributed by atoms with van der Waals surface area (Å²) in [5, 5.41) is 8.50. The fourth-order valence-electron chi connectivity index (χ4n) is 6.67. The molecule has 248 valence electrons. The second-order valence-electron chi connectivity index (χ2n) is 12.2. The van der Waals surface area contributed by atoms with E-state index in [-0.39, 0.29) is 21.1 Å². The first kappa shape index (κ1) is 32.4. The average molecular weight is 841 g/mol. The van der Waals surface area contributed by atoms with Gasteiger partial charge in [0.1, 0.15) is 0 Å². The molecule has 0 saturated carbocycles. The Morgan fingerprint density at radius 2 is 1.16 bits per heavy atom. The zero-order chi connectivity index (χ0) is 33.4. The Labute approximate surface area is 312 Å². The number of hydrogen-bond acceptors (Lipinski definition) is 6. The number of ether oxygens (including phenoxy) is 1. The van der Waals surface area contributed by atoms with Gasteiger partial charge < -0.3 is 24.4 Å². The number of nitrogens with zero attached hydrogens (tertiary/aromatic N) is 5. The maximum Gasteiger partial charge on any atom is 4.00 e. The van der Waals surface area contributed by atoms with Gasteiger partial charge in [-0.15, -0.1) is 55.4 Å². The zero-order valence-electron chi connectivity index (χ0n) is 27.6. The SMILES string of the molecule is CN1C=NN(c2[c-]c(Oc3[c-]c(N4[CH-]N(c5c(-c6ccccc6)cccc5-c5ccccc5)c5c4ccc4ccccc54)ccc3)ccc2)[CH-]1.[Pt+4]. The molecule has 6 nitrogen and oxygen atoms in total. The molecular weight excluding hydrogens is 810 g/mol. The van der Waals surface area contributed by atoms with Crippen LogP contribution < -0.4 is 19.5 Å². The van der Waals surface area contributed by atoms with Gasteiger partial charge in [-0.25, -0.2) is 0 Å². The van der Waals surface area contributed by atoms with E-state index in [1.54, 1.807) is 11.3 Å². The Kier molecular flexibility index (Phi) is 8.77. The van der Waals surface area contributed by atoms with Gasteiger partial charge >= 0.3 is 21.1 Å². The molecule has 9 rings (SSSR count). The minimum atomic E-state index is 0. The average Bonchev–Trinajstić information content (AvgIpc) is 3.80. The molecule has 7 heteroatoms. The normalized spacial score (nSPS) is 13.4. The molecule has 0 spiro atoms. The van der Waals surface area contributed by atoms with Crippen LogP contribution in [0.5, 0.6) is 11.5 Å². The number of anilines is 5. The molecule has 7 aromatic carbocycles. The molecule has 0 amide bonds. The molecule has 0 radical (unpaired) electrons. The van der Waals surface area contributed by atoms with E-state index in [4.69, 9.17) is 4.74 Å². The van der Waals surface area contributed by atoms with Crippen molar-refractivity contribution in [3.05, 3.63) is 177 Å². The smallest absolute Gasteiger partial charge is 0.509 e. The molecule has 0 fully saturated rings. The van der Waals surface area contributed by atoms with Crippen LogP contribution in [0.2, 0.25) is 0 Å². The molecule has 0 N–H and O–H groups in total. The van der Waals surface area contributed by atoms with Crippen molar-refractivity contribution in [1.82, 2.24) is 4.90 Å². The van der Waals surface area contributed by atoms with E-state index < -0.39 is 0 Å². The summed E-state index contributed by atoms with van der Waals surface area (Å²) in [5.41, 5.74) is 9.51. The van der Waals surface area contributed by atoms with Gasteiger partial charge in [0, 0.05) is 45.1 Å². The van der Waals surface area contributed by atoms with E-state index in [9.17, 15) is 0 Å². The summed E-state index contributed by atoms with van der Waals surface area (Å²) in [4.78, 5) is 6.44. The fraction of sp³-hybridized carbons (Fsp3) is 0.0227. The Morgan fingerprint density at radius 1 is 0.549 bits per heavy atom. The monoisotopic (exact) mass is 840 g/mol. The summed E-state index contributed by atoms with van der Waals surface area (Å²) in [7, 11) is 1.94. The molecule has 2 aliphatic rings. The van der Waals surface area contributed by atoms with Gasteiger partial charge in [-0.3, -0.25) is 0 Å². The molecule has 0 aliphatic carbocycles. The van der Waals surface area contributed by atoms with E-state index in [0.29, 0.717) is 11.5 Å². The zero-order valence-corrected chi connectivity index (χ0v) is 29.9. The van der Waals surface area contributed by atoms with Crippen molar-refractivity contribution < 1.29 is 25.8 Å². The summed E-state index contributed by atoms with van der Waals surface area (Å²) >= 11 is 0. The summed E-state index contributed by atoms with van der Waals surface area (Å²) in [5.74, 6) is 1.17. The van der Waals surface area contributed by atoms with Gasteiger partial charge in [0.15, 0.2) is 0 Å². The predicted molar refractivity (Wildman–Crippen MR) is 204 cm³/mol. The van der Waals surface area contributed by atoms with Crippen LogP contribution in [0.1, 0.15) is 0 Å². The summed E-state index contributed by atoms with van der Waals surface area (Å²) in [6.07, 6.45) is 1.75. The van der Waals surface area contributed by atoms with Crippen molar-refractivity contribution in [2.45, 2.75) is 0 Å². The van der Waals surface area contributed by atoms with Crippen LogP contribution in [0.4, 0.5) is 28.4 Å². The van der Waals surface area contributed by atoms with Crippen LogP contribution in [0, 0.1) is 25.5 Å². The van der Waals surface area contributed by atoms with Gasteiger partial charge in [-0.05, 0) is 29.6 Å². The molecule has 2 aliphatic heterocycles. The third-order valence-electron chi connectivity index (χ3n) is 8.94. The van der Waals surface area contributed by atoms with Gasteiger partial charge in [0.2, 0.25) is 0 Å². The number of hydrazone groups is 1. The summed E-state index contributed by atoms with van der Waals surface area (Å²) < 4.78 is 6.36. The summed E-state index contributed by atoms with van der Waals surface area (Å²) in [6.45, 7) is 4.07. The van der Waals surface area contributed by atoms with Crippen LogP contribution in [-0.2, 0) is 21.1 Å². The van der Waals surface area contributed by atoms with Crippen LogP contribution >= 0.6 is 0 Å². The minimum Gasteiger partial charge on any atom is -0.509 e. The first-order valence-electron chi connectivity index (χ1n) is 16.5. The standard InChI is InChI=1S/C44H31N5O.Pt/c1-46-29-45-49(30-46)36-19-11-21-38(28-36)50-37-20-10-18-35(27-37)47-31-48(44-41-22-9-8-17-34(41)25-26-42(44)47)43-39(32-13-4-2-5-14-32)23-12-24-40(43)33-15-6-3-7-16-33;/h2-26,29-31H,1H3;/q-4;+4. The third kappa shape index (κ3) is 6.13. The molecule has 0 bridgehead atoms.